The number of nitrogens with one attached hydrogen (secondary N) is 1. The first-order valence-corrected chi connectivity index (χ1v) is 7.65. The fourth-order valence-corrected chi connectivity index (χ4v) is 3.18. The highest BCUT2D eigenvalue weighted by Gasteiger charge is 2.25. The van der Waals surface area contributed by atoms with Gasteiger partial charge in [0.2, 0.25) is 0 Å². The van der Waals surface area contributed by atoms with Crippen LogP contribution in [0.15, 0.2) is 48.5 Å². The zero-order valence-electron chi connectivity index (χ0n) is 11.9. The smallest absolute Gasteiger partial charge is 0.0491 e. The maximum atomic E-state index is 6.38. The average molecular weight is 302 g/mol. The molecular formula is C17H20ClN3. The van der Waals surface area contributed by atoms with Crippen LogP contribution in [0, 0.1) is 0 Å². The number of nitrogens with two attached hydrogens (primary N) is 1. The normalized spacial score (nSPS) is 19.6. The summed E-state index contributed by atoms with van der Waals surface area (Å²) >= 11 is 6.38. The molecule has 3 nitrogen and oxygen atoms in total. The highest BCUT2D eigenvalue weighted by Crippen LogP contribution is 2.29. The van der Waals surface area contributed by atoms with Gasteiger partial charge in [-0.2, -0.15) is 0 Å². The number of benzene rings is 2. The number of hydrogen-bond donors (Lipinski definition) is 2. The van der Waals surface area contributed by atoms with Gasteiger partial charge in [0.25, 0.3) is 0 Å². The molecule has 1 heterocycles. The molecule has 1 atom stereocenters. The van der Waals surface area contributed by atoms with E-state index in [1.807, 2.05) is 30.3 Å². The molecule has 0 spiro atoms. The Morgan fingerprint density at radius 3 is 2.86 bits per heavy atom. The quantitative estimate of drug-likeness (QED) is 0.856. The van der Waals surface area contributed by atoms with Crippen LogP contribution in [0.3, 0.4) is 0 Å². The molecule has 1 unspecified atom stereocenters. The van der Waals surface area contributed by atoms with Crippen LogP contribution >= 0.6 is 11.6 Å². The summed E-state index contributed by atoms with van der Waals surface area (Å²) in [5.74, 6) is 0. The number of piperazine rings is 1. The van der Waals surface area contributed by atoms with Crippen molar-refractivity contribution in [3.63, 3.8) is 0 Å². The summed E-state index contributed by atoms with van der Waals surface area (Å²) < 4.78 is 0. The molecule has 0 aliphatic carbocycles. The van der Waals surface area contributed by atoms with Crippen LogP contribution in [-0.2, 0) is 6.54 Å². The van der Waals surface area contributed by atoms with Gasteiger partial charge in [-0.05, 0) is 29.3 Å². The summed E-state index contributed by atoms with van der Waals surface area (Å²) in [6.45, 7) is 3.82. The molecule has 3 N–H and O–H groups in total. The van der Waals surface area contributed by atoms with Gasteiger partial charge in [0.05, 0.1) is 0 Å². The molecule has 0 aromatic heterocycles. The lowest BCUT2D eigenvalue weighted by Crippen LogP contribution is -2.45. The van der Waals surface area contributed by atoms with E-state index in [0.29, 0.717) is 6.04 Å². The molecule has 0 radical (unpaired) electrons. The number of nitrogen functional groups attached to an aromatic ring is 1. The molecule has 0 amide bonds. The number of anilines is 1. The van der Waals surface area contributed by atoms with E-state index in [1.165, 1.54) is 11.1 Å². The van der Waals surface area contributed by atoms with Crippen LogP contribution in [-0.4, -0.2) is 24.5 Å². The fourth-order valence-electron chi connectivity index (χ4n) is 2.91. The Morgan fingerprint density at radius 1 is 1.19 bits per heavy atom. The molecule has 1 saturated heterocycles. The van der Waals surface area contributed by atoms with Crippen LogP contribution in [0.2, 0.25) is 5.02 Å². The van der Waals surface area contributed by atoms with Gasteiger partial charge in [-0.1, -0.05) is 41.9 Å². The summed E-state index contributed by atoms with van der Waals surface area (Å²) in [5, 5.41) is 4.30. The van der Waals surface area contributed by atoms with Crippen molar-refractivity contribution in [2.45, 2.75) is 12.6 Å². The van der Waals surface area contributed by atoms with Crippen LogP contribution in [0.5, 0.6) is 0 Å². The van der Waals surface area contributed by atoms with Crippen LogP contribution < -0.4 is 11.1 Å². The second kappa shape index (κ2) is 6.48. The SMILES string of the molecule is Nc1cccc(CN2CCNCC2c2ccccc2Cl)c1. The van der Waals surface area contributed by atoms with Gasteiger partial charge >= 0.3 is 0 Å². The topological polar surface area (TPSA) is 41.3 Å². The molecule has 110 valence electrons. The Morgan fingerprint density at radius 2 is 2.05 bits per heavy atom. The standard InChI is InChI=1S/C17H20ClN3/c18-16-7-2-1-6-15(16)17-11-20-8-9-21(17)12-13-4-3-5-14(19)10-13/h1-7,10,17,20H,8-9,11-12,19H2. The van der Waals surface area contributed by atoms with E-state index in [4.69, 9.17) is 17.3 Å². The van der Waals surface area contributed by atoms with Crippen molar-refractivity contribution in [3.8, 4) is 0 Å². The van der Waals surface area contributed by atoms with E-state index < -0.39 is 0 Å². The lowest BCUT2D eigenvalue weighted by molar-refractivity contribution is 0.154. The summed E-state index contributed by atoms with van der Waals surface area (Å²) in [5.41, 5.74) is 9.13. The molecule has 0 saturated carbocycles. The first kappa shape index (κ1) is 14.4. The average Bonchev–Trinajstić information content (AvgIpc) is 2.49. The fraction of sp³-hybridized carbons (Fsp3) is 0.294. The van der Waals surface area contributed by atoms with Crippen molar-refractivity contribution >= 4 is 17.3 Å². The lowest BCUT2D eigenvalue weighted by Gasteiger charge is -2.37. The summed E-state index contributed by atoms with van der Waals surface area (Å²) in [4.78, 5) is 2.46. The number of hydrogen-bond acceptors (Lipinski definition) is 3. The van der Waals surface area contributed by atoms with Crippen molar-refractivity contribution in [2.75, 3.05) is 25.4 Å². The number of rotatable bonds is 3. The minimum Gasteiger partial charge on any atom is -0.399 e. The van der Waals surface area contributed by atoms with Crippen molar-refractivity contribution in [1.29, 1.82) is 0 Å². The highest BCUT2D eigenvalue weighted by molar-refractivity contribution is 6.31. The van der Waals surface area contributed by atoms with Gasteiger partial charge in [-0.15, -0.1) is 0 Å². The molecular weight excluding hydrogens is 282 g/mol. The number of halogens is 1. The van der Waals surface area contributed by atoms with E-state index in [1.54, 1.807) is 0 Å². The highest BCUT2D eigenvalue weighted by atomic mass is 35.5. The first-order chi connectivity index (χ1) is 10.2. The third-order valence-electron chi connectivity index (χ3n) is 3.96. The summed E-state index contributed by atoms with van der Waals surface area (Å²) in [6, 6.07) is 16.5. The monoisotopic (exact) mass is 301 g/mol. The second-order valence-electron chi connectivity index (χ2n) is 5.46. The van der Waals surface area contributed by atoms with E-state index in [-0.39, 0.29) is 0 Å². The lowest BCUT2D eigenvalue weighted by atomic mass is 10.0. The van der Waals surface area contributed by atoms with Gasteiger partial charge < -0.3 is 11.1 Å². The Labute approximate surface area is 130 Å². The molecule has 3 rings (SSSR count). The van der Waals surface area contributed by atoms with E-state index in [2.05, 4.69) is 28.4 Å². The molecule has 21 heavy (non-hydrogen) atoms. The molecule has 2 aromatic carbocycles. The second-order valence-corrected chi connectivity index (χ2v) is 5.86. The number of nitrogens with zero attached hydrogens (tertiary/aromatic N) is 1. The molecule has 4 heteroatoms. The van der Waals surface area contributed by atoms with Crippen molar-refractivity contribution in [3.05, 3.63) is 64.7 Å². The van der Waals surface area contributed by atoms with Gasteiger partial charge in [-0.3, -0.25) is 4.90 Å². The van der Waals surface area contributed by atoms with Crippen LogP contribution in [0.1, 0.15) is 17.2 Å². The zero-order valence-corrected chi connectivity index (χ0v) is 12.7. The third-order valence-corrected chi connectivity index (χ3v) is 4.30. The van der Waals surface area contributed by atoms with Crippen molar-refractivity contribution in [1.82, 2.24) is 10.2 Å². The maximum Gasteiger partial charge on any atom is 0.0491 e. The minimum absolute atomic E-state index is 0.300. The van der Waals surface area contributed by atoms with Gasteiger partial charge in [-0.25, -0.2) is 0 Å². The Bertz CT molecular complexity index is 614. The molecule has 0 bridgehead atoms. The van der Waals surface area contributed by atoms with E-state index >= 15 is 0 Å². The minimum atomic E-state index is 0.300. The third kappa shape index (κ3) is 3.38. The van der Waals surface area contributed by atoms with Crippen molar-refractivity contribution < 1.29 is 0 Å². The first-order valence-electron chi connectivity index (χ1n) is 7.27. The maximum absolute atomic E-state index is 6.38. The predicted octanol–water partition coefficient (Wildman–Crippen LogP) is 3.07. The van der Waals surface area contributed by atoms with Crippen molar-refractivity contribution in [2.24, 2.45) is 0 Å². The zero-order chi connectivity index (χ0) is 14.7. The van der Waals surface area contributed by atoms with Crippen LogP contribution in [0.25, 0.3) is 0 Å². The molecule has 1 fully saturated rings. The summed E-state index contributed by atoms with van der Waals surface area (Å²) in [7, 11) is 0. The van der Waals surface area contributed by atoms with E-state index in [9.17, 15) is 0 Å². The Kier molecular flexibility index (Phi) is 4.44. The van der Waals surface area contributed by atoms with Gasteiger partial charge in [0.15, 0.2) is 0 Å². The van der Waals surface area contributed by atoms with Crippen LogP contribution in [0.4, 0.5) is 5.69 Å². The Hall–Kier alpha value is -1.55. The summed E-state index contributed by atoms with van der Waals surface area (Å²) in [6.07, 6.45) is 0. The molecule has 1 aliphatic heterocycles. The van der Waals surface area contributed by atoms with Gasteiger partial charge in [0, 0.05) is 42.9 Å². The Balaban J connectivity index is 1.83. The van der Waals surface area contributed by atoms with E-state index in [0.717, 1.165) is 36.9 Å². The predicted molar refractivity (Wildman–Crippen MR) is 88.3 cm³/mol. The largest absolute Gasteiger partial charge is 0.399 e. The van der Waals surface area contributed by atoms with Gasteiger partial charge in [0.1, 0.15) is 0 Å². The molecule has 1 aliphatic rings. The molecule has 2 aromatic rings.